The zero-order valence-electron chi connectivity index (χ0n) is 10.7. The van der Waals surface area contributed by atoms with Crippen LogP contribution in [0, 0.1) is 0 Å². The number of likely N-dealkylation sites (N-methyl/N-ethyl adjacent to an activating group) is 1. The van der Waals surface area contributed by atoms with E-state index in [1.54, 1.807) is 6.26 Å². The third-order valence-electron chi connectivity index (χ3n) is 3.27. The molecular formula is C13H23NO2. The molecule has 0 fully saturated rings. The molecule has 0 saturated heterocycles. The summed E-state index contributed by atoms with van der Waals surface area (Å²) in [6, 6.07) is 4.03. The normalized spacial score (nSPS) is 14.0. The zero-order chi connectivity index (χ0) is 12.0. The average Bonchev–Trinajstić information content (AvgIpc) is 2.82. The van der Waals surface area contributed by atoms with Crippen molar-refractivity contribution in [2.24, 2.45) is 0 Å². The molecule has 1 rings (SSSR count). The third-order valence-corrected chi connectivity index (χ3v) is 3.27. The highest BCUT2D eigenvalue weighted by Crippen LogP contribution is 2.35. The highest BCUT2D eigenvalue weighted by molar-refractivity contribution is 5.10. The number of ether oxygens (including phenoxy) is 1. The van der Waals surface area contributed by atoms with Gasteiger partial charge in [-0.25, -0.2) is 0 Å². The number of hydrogen-bond donors (Lipinski definition) is 1. The summed E-state index contributed by atoms with van der Waals surface area (Å²) in [7, 11) is 1.95. The van der Waals surface area contributed by atoms with Crippen molar-refractivity contribution in [3.8, 4) is 0 Å². The lowest BCUT2D eigenvalue weighted by Crippen LogP contribution is -2.44. The molecule has 0 aromatic carbocycles. The van der Waals surface area contributed by atoms with Crippen molar-refractivity contribution >= 4 is 0 Å². The van der Waals surface area contributed by atoms with Crippen molar-refractivity contribution in [2.45, 2.75) is 45.3 Å². The second-order valence-corrected chi connectivity index (χ2v) is 3.94. The Balaban J connectivity index is 2.98. The largest absolute Gasteiger partial charge is 0.468 e. The van der Waals surface area contributed by atoms with E-state index in [1.807, 2.05) is 26.1 Å². The Kier molecular flexibility index (Phi) is 5.03. The van der Waals surface area contributed by atoms with E-state index in [-0.39, 0.29) is 11.6 Å². The number of nitrogens with one attached hydrogen (secondary N) is 1. The van der Waals surface area contributed by atoms with Crippen molar-refractivity contribution in [1.29, 1.82) is 0 Å². The van der Waals surface area contributed by atoms with E-state index in [0.29, 0.717) is 0 Å². The van der Waals surface area contributed by atoms with Crippen molar-refractivity contribution in [3.63, 3.8) is 0 Å². The fourth-order valence-corrected chi connectivity index (χ4v) is 2.35. The minimum Gasteiger partial charge on any atom is -0.468 e. The molecule has 1 atom stereocenters. The van der Waals surface area contributed by atoms with Crippen LogP contribution >= 0.6 is 0 Å². The van der Waals surface area contributed by atoms with E-state index in [1.165, 1.54) is 0 Å². The molecule has 0 aliphatic carbocycles. The molecule has 0 aliphatic rings. The van der Waals surface area contributed by atoms with E-state index in [2.05, 4.69) is 19.2 Å². The molecule has 1 aromatic heterocycles. The topological polar surface area (TPSA) is 34.4 Å². The zero-order valence-corrected chi connectivity index (χ0v) is 10.7. The smallest absolute Gasteiger partial charge is 0.123 e. The SMILES string of the molecule is CCOC(CC)(CC)C(NC)c1ccco1. The Bertz CT molecular complexity index is 278. The van der Waals surface area contributed by atoms with Crippen molar-refractivity contribution in [3.05, 3.63) is 24.2 Å². The molecule has 1 aromatic rings. The molecule has 3 heteroatoms. The van der Waals surface area contributed by atoms with E-state index < -0.39 is 0 Å². The summed E-state index contributed by atoms with van der Waals surface area (Å²) in [6.07, 6.45) is 3.63. The van der Waals surface area contributed by atoms with Crippen molar-refractivity contribution in [1.82, 2.24) is 5.32 Å². The summed E-state index contributed by atoms with van der Waals surface area (Å²) in [6.45, 7) is 7.08. The summed E-state index contributed by atoms with van der Waals surface area (Å²) >= 11 is 0. The van der Waals surface area contributed by atoms with Crippen LogP contribution in [-0.4, -0.2) is 19.3 Å². The minimum absolute atomic E-state index is 0.109. The number of hydrogen-bond acceptors (Lipinski definition) is 3. The van der Waals surface area contributed by atoms with E-state index in [4.69, 9.17) is 9.15 Å². The average molecular weight is 225 g/mol. The fourth-order valence-electron chi connectivity index (χ4n) is 2.35. The second-order valence-electron chi connectivity index (χ2n) is 3.94. The van der Waals surface area contributed by atoms with Gasteiger partial charge in [0.15, 0.2) is 0 Å². The molecule has 0 amide bonds. The van der Waals surface area contributed by atoms with Crippen molar-refractivity contribution < 1.29 is 9.15 Å². The quantitative estimate of drug-likeness (QED) is 0.774. The lowest BCUT2D eigenvalue weighted by atomic mass is 9.86. The molecule has 0 radical (unpaired) electrons. The number of furan rings is 1. The molecule has 16 heavy (non-hydrogen) atoms. The van der Waals surface area contributed by atoms with Gasteiger partial charge in [-0.1, -0.05) is 13.8 Å². The molecule has 92 valence electrons. The molecule has 1 unspecified atom stereocenters. The Morgan fingerprint density at radius 2 is 2.06 bits per heavy atom. The summed E-state index contributed by atoms with van der Waals surface area (Å²) in [5, 5.41) is 3.31. The van der Waals surface area contributed by atoms with Crippen LogP contribution in [0.5, 0.6) is 0 Å². The Hall–Kier alpha value is -0.800. The molecule has 1 N–H and O–H groups in total. The summed E-state index contributed by atoms with van der Waals surface area (Å²) in [4.78, 5) is 0. The monoisotopic (exact) mass is 225 g/mol. The lowest BCUT2D eigenvalue weighted by Gasteiger charge is -2.38. The van der Waals surface area contributed by atoms with Gasteiger partial charge < -0.3 is 14.5 Å². The van der Waals surface area contributed by atoms with Crippen LogP contribution in [0.15, 0.2) is 22.8 Å². The van der Waals surface area contributed by atoms with E-state index in [0.717, 1.165) is 25.2 Å². The molecule has 0 aliphatic heterocycles. The van der Waals surface area contributed by atoms with Gasteiger partial charge in [0.2, 0.25) is 0 Å². The van der Waals surface area contributed by atoms with Gasteiger partial charge in [0.1, 0.15) is 5.76 Å². The van der Waals surface area contributed by atoms with Crippen LogP contribution in [0.25, 0.3) is 0 Å². The van der Waals surface area contributed by atoms with Gasteiger partial charge in [-0.15, -0.1) is 0 Å². The maximum absolute atomic E-state index is 5.98. The molecule has 0 spiro atoms. The maximum Gasteiger partial charge on any atom is 0.123 e. The summed E-state index contributed by atoms with van der Waals surface area (Å²) in [5.41, 5.74) is -0.179. The van der Waals surface area contributed by atoms with Gasteiger partial charge in [0, 0.05) is 6.61 Å². The van der Waals surface area contributed by atoms with Crippen molar-refractivity contribution in [2.75, 3.05) is 13.7 Å². The highest BCUT2D eigenvalue weighted by Gasteiger charge is 2.38. The summed E-state index contributed by atoms with van der Waals surface area (Å²) < 4.78 is 11.5. The first-order valence-electron chi connectivity index (χ1n) is 6.08. The predicted molar refractivity (Wildman–Crippen MR) is 65.4 cm³/mol. The highest BCUT2D eigenvalue weighted by atomic mass is 16.5. The molecular weight excluding hydrogens is 202 g/mol. The van der Waals surface area contributed by atoms with Gasteiger partial charge >= 0.3 is 0 Å². The first kappa shape index (κ1) is 13.3. The van der Waals surface area contributed by atoms with Crippen LogP contribution in [-0.2, 0) is 4.74 Å². The standard InChI is InChI=1S/C13H23NO2/c1-5-13(6-2,16-7-3)12(14-4)11-9-8-10-15-11/h8-10,12,14H,5-7H2,1-4H3. The maximum atomic E-state index is 5.98. The summed E-state index contributed by atoms with van der Waals surface area (Å²) in [5.74, 6) is 0.944. The Morgan fingerprint density at radius 3 is 2.44 bits per heavy atom. The van der Waals surface area contributed by atoms with E-state index in [9.17, 15) is 0 Å². The predicted octanol–water partition coefficient (Wildman–Crippen LogP) is 3.14. The van der Waals surface area contributed by atoms with Crippen LogP contribution in [0.4, 0.5) is 0 Å². The first-order valence-corrected chi connectivity index (χ1v) is 6.08. The van der Waals surface area contributed by atoms with Gasteiger partial charge in [0.05, 0.1) is 17.9 Å². The van der Waals surface area contributed by atoms with Gasteiger partial charge in [-0.05, 0) is 38.9 Å². The Morgan fingerprint density at radius 1 is 1.38 bits per heavy atom. The second kappa shape index (κ2) is 6.06. The van der Waals surface area contributed by atoms with Crippen LogP contribution in [0.2, 0.25) is 0 Å². The fraction of sp³-hybridized carbons (Fsp3) is 0.692. The van der Waals surface area contributed by atoms with Crippen LogP contribution < -0.4 is 5.32 Å². The molecule has 0 saturated carbocycles. The van der Waals surface area contributed by atoms with Crippen LogP contribution in [0.1, 0.15) is 45.4 Å². The Labute approximate surface area is 98.2 Å². The molecule has 3 nitrogen and oxygen atoms in total. The van der Waals surface area contributed by atoms with Gasteiger partial charge in [0.25, 0.3) is 0 Å². The first-order chi connectivity index (χ1) is 7.74. The lowest BCUT2D eigenvalue weighted by molar-refractivity contribution is -0.0760. The van der Waals surface area contributed by atoms with E-state index >= 15 is 0 Å². The minimum atomic E-state index is -0.179. The molecule has 0 bridgehead atoms. The van der Waals surface area contributed by atoms with Gasteiger partial charge in [-0.3, -0.25) is 0 Å². The van der Waals surface area contributed by atoms with Crippen LogP contribution in [0.3, 0.4) is 0 Å². The third kappa shape index (κ3) is 2.47. The van der Waals surface area contributed by atoms with Gasteiger partial charge in [-0.2, -0.15) is 0 Å². The molecule has 1 heterocycles. The number of rotatable bonds is 7.